The molecular weight excluding hydrogens is 274 g/mol. The first-order chi connectivity index (χ1) is 10.8. The van der Waals surface area contributed by atoms with Crippen molar-refractivity contribution in [2.75, 3.05) is 19.8 Å². The Hall–Kier alpha value is -1.35. The maximum absolute atomic E-state index is 12.9. The summed E-state index contributed by atoms with van der Waals surface area (Å²) in [6.07, 6.45) is 5.16. The molecule has 0 bridgehead atoms. The molecule has 0 aromatic heterocycles. The van der Waals surface area contributed by atoms with Gasteiger partial charge in [-0.15, -0.1) is 0 Å². The number of carbonyl (C=O) groups excluding carboxylic acids is 1. The highest BCUT2D eigenvalue weighted by atomic mass is 16.5. The lowest BCUT2D eigenvalue weighted by atomic mass is 9.87. The van der Waals surface area contributed by atoms with E-state index in [-0.39, 0.29) is 5.92 Å². The molecule has 2 heterocycles. The predicted molar refractivity (Wildman–Crippen MR) is 87.8 cm³/mol. The van der Waals surface area contributed by atoms with E-state index in [4.69, 9.17) is 4.74 Å². The molecule has 1 aromatic carbocycles. The first kappa shape index (κ1) is 15.5. The first-order valence-corrected chi connectivity index (χ1v) is 8.74. The van der Waals surface area contributed by atoms with Crippen LogP contribution in [0.3, 0.4) is 0 Å². The molecule has 120 valence electrons. The van der Waals surface area contributed by atoms with Gasteiger partial charge in [-0.05, 0) is 37.7 Å². The van der Waals surface area contributed by atoms with Crippen LogP contribution in [0.25, 0.3) is 0 Å². The monoisotopic (exact) mass is 301 g/mol. The summed E-state index contributed by atoms with van der Waals surface area (Å²) in [5, 5.41) is 0. The molecule has 3 nitrogen and oxygen atoms in total. The second kappa shape index (κ2) is 7.28. The summed E-state index contributed by atoms with van der Waals surface area (Å²) in [5.41, 5.74) is 1.38. The van der Waals surface area contributed by atoms with E-state index in [1.54, 1.807) is 0 Å². The summed E-state index contributed by atoms with van der Waals surface area (Å²) in [5.74, 6) is 1.02. The first-order valence-electron chi connectivity index (χ1n) is 8.74. The Kier molecular flexibility index (Phi) is 5.14. The van der Waals surface area contributed by atoms with E-state index in [0.717, 1.165) is 51.9 Å². The van der Waals surface area contributed by atoms with Crippen LogP contribution >= 0.6 is 0 Å². The quantitative estimate of drug-likeness (QED) is 0.850. The van der Waals surface area contributed by atoms with Gasteiger partial charge >= 0.3 is 0 Å². The molecule has 0 spiro atoms. The number of hydrogen-bond acceptors (Lipinski definition) is 2. The van der Waals surface area contributed by atoms with Crippen LogP contribution < -0.4 is 0 Å². The number of ether oxygens (including phenoxy) is 1. The normalized spacial score (nSPS) is 24.4. The van der Waals surface area contributed by atoms with Crippen molar-refractivity contribution in [1.29, 1.82) is 0 Å². The highest BCUT2D eigenvalue weighted by Gasteiger charge is 2.37. The SMILES string of the molecule is CCC(c1ccccc1)C1CCCN1C(=O)C1CCOCC1. The van der Waals surface area contributed by atoms with Gasteiger partial charge in [-0.2, -0.15) is 0 Å². The molecule has 1 amide bonds. The van der Waals surface area contributed by atoms with Gasteiger partial charge in [0.2, 0.25) is 5.91 Å². The highest BCUT2D eigenvalue weighted by molar-refractivity contribution is 5.79. The smallest absolute Gasteiger partial charge is 0.226 e. The molecule has 1 aromatic rings. The minimum Gasteiger partial charge on any atom is -0.381 e. The Balaban J connectivity index is 1.75. The maximum atomic E-state index is 12.9. The van der Waals surface area contributed by atoms with Gasteiger partial charge in [0.1, 0.15) is 0 Å². The molecule has 2 unspecified atom stereocenters. The standard InChI is InChI=1S/C19H27NO2/c1-2-17(15-7-4-3-5-8-15)18-9-6-12-20(18)19(21)16-10-13-22-14-11-16/h3-5,7-8,16-18H,2,6,9-14H2,1H3. The van der Waals surface area contributed by atoms with Crippen LogP contribution in [0.2, 0.25) is 0 Å². The largest absolute Gasteiger partial charge is 0.381 e. The second-order valence-corrected chi connectivity index (χ2v) is 6.55. The van der Waals surface area contributed by atoms with E-state index in [1.807, 2.05) is 0 Å². The maximum Gasteiger partial charge on any atom is 0.226 e. The molecule has 22 heavy (non-hydrogen) atoms. The van der Waals surface area contributed by atoms with Gasteiger partial charge in [0, 0.05) is 37.6 Å². The van der Waals surface area contributed by atoms with E-state index in [2.05, 4.69) is 42.2 Å². The topological polar surface area (TPSA) is 29.5 Å². The van der Waals surface area contributed by atoms with Crippen molar-refractivity contribution >= 4 is 5.91 Å². The minimum absolute atomic E-state index is 0.183. The van der Waals surface area contributed by atoms with Crippen molar-refractivity contribution in [3.05, 3.63) is 35.9 Å². The summed E-state index contributed by atoms with van der Waals surface area (Å²) in [4.78, 5) is 15.1. The van der Waals surface area contributed by atoms with E-state index in [1.165, 1.54) is 5.56 Å². The molecule has 0 radical (unpaired) electrons. The number of carbonyl (C=O) groups is 1. The molecule has 0 N–H and O–H groups in total. The third kappa shape index (κ3) is 3.19. The van der Waals surface area contributed by atoms with Gasteiger partial charge in [-0.1, -0.05) is 37.3 Å². The molecule has 2 saturated heterocycles. The zero-order valence-electron chi connectivity index (χ0n) is 13.5. The Bertz CT molecular complexity index is 481. The highest BCUT2D eigenvalue weighted by Crippen LogP contribution is 2.35. The summed E-state index contributed by atoms with van der Waals surface area (Å²) in [6.45, 7) is 4.66. The minimum atomic E-state index is 0.183. The molecule has 3 heteroatoms. The van der Waals surface area contributed by atoms with E-state index in [0.29, 0.717) is 17.9 Å². The van der Waals surface area contributed by atoms with E-state index in [9.17, 15) is 4.79 Å². The fraction of sp³-hybridized carbons (Fsp3) is 0.632. The van der Waals surface area contributed by atoms with Crippen LogP contribution in [0.4, 0.5) is 0 Å². The van der Waals surface area contributed by atoms with E-state index < -0.39 is 0 Å². The van der Waals surface area contributed by atoms with E-state index >= 15 is 0 Å². The fourth-order valence-electron chi connectivity index (χ4n) is 4.09. The van der Waals surface area contributed by atoms with Crippen LogP contribution in [0.1, 0.15) is 50.5 Å². The van der Waals surface area contributed by atoms with Gasteiger partial charge in [0.05, 0.1) is 0 Å². The Morgan fingerprint density at radius 2 is 1.95 bits per heavy atom. The molecule has 2 aliphatic heterocycles. The molecule has 0 aliphatic carbocycles. The van der Waals surface area contributed by atoms with Gasteiger partial charge < -0.3 is 9.64 Å². The van der Waals surface area contributed by atoms with Gasteiger partial charge in [-0.3, -0.25) is 4.79 Å². The van der Waals surface area contributed by atoms with Gasteiger partial charge in [-0.25, -0.2) is 0 Å². The second-order valence-electron chi connectivity index (χ2n) is 6.55. The summed E-state index contributed by atoms with van der Waals surface area (Å²) in [7, 11) is 0. The molecular formula is C19H27NO2. The van der Waals surface area contributed by atoms with Crippen molar-refractivity contribution in [1.82, 2.24) is 4.90 Å². The zero-order chi connectivity index (χ0) is 15.4. The number of likely N-dealkylation sites (tertiary alicyclic amines) is 1. The predicted octanol–water partition coefficient (Wildman–Crippen LogP) is 3.60. The molecule has 0 saturated carbocycles. The van der Waals surface area contributed by atoms with Crippen LogP contribution in [0.5, 0.6) is 0 Å². The summed E-state index contributed by atoms with van der Waals surface area (Å²) >= 11 is 0. The Morgan fingerprint density at radius 3 is 2.64 bits per heavy atom. The Morgan fingerprint density at radius 1 is 1.23 bits per heavy atom. The number of nitrogens with zero attached hydrogens (tertiary/aromatic N) is 1. The summed E-state index contributed by atoms with van der Waals surface area (Å²) in [6, 6.07) is 11.1. The molecule has 3 rings (SSSR count). The lowest BCUT2D eigenvalue weighted by Crippen LogP contribution is -2.43. The Labute approximate surface area is 133 Å². The lowest BCUT2D eigenvalue weighted by Gasteiger charge is -2.35. The summed E-state index contributed by atoms with van der Waals surface area (Å²) < 4.78 is 5.41. The molecule has 2 fully saturated rings. The van der Waals surface area contributed by atoms with Crippen molar-refractivity contribution in [3.8, 4) is 0 Å². The van der Waals surface area contributed by atoms with Crippen LogP contribution in [-0.2, 0) is 9.53 Å². The van der Waals surface area contributed by atoms with Crippen molar-refractivity contribution in [2.24, 2.45) is 5.92 Å². The van der Waals surface area contributed by atoms with Gasteiger partial charge in [0.25, 0.3) is 0 Å². The van der Waals surface area contributed by atoms with Crippen LogP contribution in [0.15, 0.2) is 30.3 Å². The van der Waals surface area contributed by atoms with Crippen molar-refractivity contribution < 1.29 is 9.53 Å². The number of amides is 1. The number of benzene rings is 1. The average molecular weight is 301 g/mol. The van der Waals surface area contributed by atoms with Crippen molar-refractivity contribution in [2.45, 2.75) is 51.0 Å². The zero-order valence-corrected chi connectivity index (χ0v) is 13.5. The van der Waals surface area contributed by atoms with Crippen LogP contribution in [-0.4, -0.2) is 36.6 Å². The van der Waals surface area contributed by atoms with Crippen molar-refractivity contribution in [3.63, 3.8) is 0 Å². The van der Waals surface area contributed by atoms with Gasteiger partial charge in [0.15, 0.2) is 0 Å². The number of rotatable bonds is 4. The number of hydrogen-bond donors (Lipinski definition) is 0. The third-order valence-corrected chi connectivity index (χ3v) is 5.28. The lowest BCUT2D eigenvalue weighted by molar-refractivity contribution is -0.139. The molecule has 2 aliphatic rings. The van der Waals surface area contributed by atoms with Crippen LogP contribution in [0, 0.1) is 5.92 Å². The fourth-order valence-corrected chi connectivity index (χ4v) is 4.09. The molecule has 2 atom stereocenters. The third-order valence-electron chi connectivity index (χ3n) is 5.28. The average Bonchev–Trinajstić information content (AvgIpc) is 3.06.